The summed E-state index contributed by atoms with van der Waals surface area (Å²) in [4.78, 5) is 15.6. The van der Waals surface area contributed by atoms with Crippen molar-refractivity contribution in [2.24, 2.45) is 0 Å². The van der Waals surface area contributed by atoms with E-state index in [0.29, 0.717) is 12.0 Å². The molecule has 2 aliphatic heterocycles. The number of aromatic carboxylic acids is 1. The van der Waals surface area contributed by atoms with E-state index < -0.39 is 5.97 Å². The highest BCUT2D eigenvalue weighted by Crippen LogP contribution is 2.39. The molecule has 1 aromatic heterocycles. The summed E-state index contributed by atoms with van der Waals surface area (Å²) in [6.45, 7) is 3.86. The van der Waals surface area contributed by atoms with E-state index in [2.05, 4.69) is 47.6 Å². The van der Waals surface area contributed by atoms with Crippen molar-refractivity contribution >= 4 is 5.97 Å². The Kier molecular flexibility index (Phi) is 5.20. The van der Waals surface area contributed by atoms with E-state index >= 15 is 0 Å². The number of hydrogen-bond donors (Lipinski definition) is 2. The second kappa shape index (κ2) is 8.16. The van der Waals surface area contributed by atoms with E-state index in [-0.39, 0.29) is 6.04 Å². The maximum absolute atomic E-state index is 11.5. The first-order valence-corrected chi connectivity index (χ1v) is 10.9. The van der Waals surface area contributed by atoms with Crippen LogP contribution in [0, 0.1) is 6.92 Å². The van der Waals surface area contributed by atoms with E-state index in [1.54, 1.807) is 12.3 Å². The molecule has 0 fully saturated rings. The number of aryl methyl sites for hydroxylation is 2. The zero-order chi connectivity index (χ0) is 21.4. The molecule has 158 valence electrons. The van der Waals surface area contributed by atoms with Crippen molar-refractivity contribution < 1.29 is 14.6 Å². The van der Waals surface area contributed by atoms with Gasteiger partial charge in [-0.2, -0.15) is 0 Å². The van der Waals surface area contributed by atoms with Crippen LogP contribution < -0.4 is 10.1 Å². The quantitative estimate of drug-likeness (QED) is 0.643. The summed E-state index contributed by atoms with van der Waals surface area (Å²) in [5, 5.41) is 13.1. The molecule has 31 heavy (non-hydrogen) atoms. The molecule has 0 spiro atoms. The minimum absolute atomic E-state index is 0.213. The van der Waals surface area contributed by atoms with Crippen LogP contribution in [0.4, 0.5) is 0 Å². The highest BCUT2D eigenvalue weighted by atomic mass is 16.5. The molecule has 5 rings (SSSR count). The molecule has 2 aliphatic rings. The SMILES string of the molecule is Cc1ccc2c(c1-c1ccc3c(c1)CCN[C@H]3CCc1cnccc1C(=O)O)CCO2. The van der Waals surface area contributed by atoms with Gasteiger partial charge in [0.05, 0.1) is 12.2 Å². The monoisotopic (exact) mass is 414 g/mol. The summed E-state index contributed by atoms with van der Waals surface area (Å²) in [5.41, 5.74) is 9.01. The fraction of sp³-hybridized carbons (Fsp3) is 0.308. The Morgan fingerprint density at radius 1 is 1.23 bits per heavy atom. The normalized spacial score (nSPS) is 17.0. The molecule has 0 aliphatic carbocycles. The molecule has 5 heteroatoms. The van der Waals surface area contributed by atoms with Crippen LogP contribution in [-0.4, -0.2) is 29.2 Å². The van der Waals surface area contributed by atoms with E-state index in [9.17, 15) is 9.90 Å². The molecule has 1 atom stereocenters. The van der Waals surface area contributed by atoms with E-state index in [0.717, 1.165) is 43.7 Å². The standard InChI is InChI=1S/C26H26N2O3/c1-16-2-7-24-22(10-13-31-24)25(16)18-3-5-20-17(14-18)8-12-28-23(20)6-4-19-15-27-11-9-21(19)26(29)30/h2-3,5,7,9,11,14-15,23,28H,4,6,8,10,12-13H2,1H3,(H,29,30)/t23-/m0/s1. The number of benzene rings is 2. The van der Waals surface area contributed by atoms with Gasteiger partial charge >= 0.3 is 5.97 Å². The lowest BCUT2D eigenvalue weighted by atomic mass is 9.86. The van der Waals surface area contributed by atoms with Gasteiger partial charge in [0.15, 0.2) is 0 Å². The number of carboxylic acid groups (broad SMARTS) is 1. The molecule has 0 saturated heterocycles. The van der Waals surface area contributed by atoms with Crippen LogP contribution in [0.3, 0.4) is 0 Å². The van der Waals surface area contributed by atoms with Crippen LogP contribution >= 0.6 is 0 Å². The second-order valence-electron chi connectivity index (χ2n) is 8.38. The third-order valence-electron chi connectivity index (χ3n) is 6.52. The molecule has 5 nitrogen and oxygen atoms in total. The first-order chi connectivity index (χ1) is 15.1. The van der Waals surface area contributed by atoms with Crippen molar-refractivity contribution in [1.82, 2.24) is 10.3 Å². The van der Waals surface area contributed by atoms with Crippen LogP contribution in [0.1, 0.15) is 50.6 Å². The highest BCUT2D eigenvalue weighted by molar-refractivity contribution is 5.89. The fourth-order valence-corrected chi connectivity index (χ4v) is 5.00. The molecular formula is C26H26N2O3. The maximum Gasteiger partial charge on any atom is 0.336 e. The van der Waals surface area contributed by atoms with Crippen molar-refractivity contribution in [3.63, 3.8) is 0 Å². The average molecular weight is 415 g/mol. The lowest BCUT2D eigenvalue weighted by molar-refractivity contribution is 0.0695. The summed E-state index contributed by atoms with van der Waals surface area (Å²) in [6, 6.07) is 12.9. The minimum atomic E-state index is -0.895. The van der Waals surface area contributed by atoms with Crippen molar-refractivity contribution in [2.45, 2.75) is 38.6 Å². The van der Waals surface area contributed by atoms with E-state index in [4.69, 9.17) is 4.74 Å². The summed E-state index contributed by atoms with van der Waals surface area (Å²) in [7, 11) is 0. The van der Waals surface area contributed by atoms with Gasteiger partial charge in [0, 0.05) is 30.4 Å². The second-order valence-corrected chi connectivity index (χ2v) is 8.38. The average Bonchev–Trinajstić information content (AvgIpc) is 3.26. The third-order valence-corrected chi connectivity index (χ3v) is 6.52. The first kappa shape index (κ1) is 19.8. The van der Waals surface area contributed by atoms with Gasteiger partial charge in [-0.3, -0.25) is 4.98 Å². The van der Waals surface area contributed by atoms with Gasteiger partial charge in [0.2, 0.25) is 0 Å². The molecule has 2 aromatic carbocycles. The Labute approximate surface area is 182 Å². The van der Waals surface area contributed by atoms with Gasteiger partial charge in [-0.25, -0.2) is 4.79 Å². The Morgan fingerprint density at radius 3 is 3.00 bits per heavy atom. The molecule has 0 bridgehead atoms. The fourth-order valence-electron chi connectivity index (χ4n) is 5.00. The van der Waals surface area contributed by atoms with Gasteiger partial charge in [0.25, 0.3) is 0 Å². The number of carboxylic acids is 1. The van der Waals surface area contributed by atoms with Crippen LogP contribution in [-0.2, 0) is 19.3 Å². The van der Waals surface area contributed by atoms with Crippen molar-refractivity contribution in [1.29, 1.82) is 0 Å². The van der Waals surface area contributed by atoms with Crippen LogP contribution in [0.5, 0.6) is 5.75 Å². The minimum Gasteiger partial charge on any atom is -0.493 e. The van der Waals surface area contributed by atoms with Gasteiger partial charge in [-0.1, -0.05) is 24.3 Å². The van der Waals surface area contributed by atoms with Crippen molar-refractivity contribution in [3.8, 4) is 16.9 Å². The smallest absolute Gasteiger partial charge is 0.336 e. The summed E-state index contributed by atoms with van der Waals surface area (Å²) < 4.78 is 5.79. The van der Waals surface area contributed by atoms with Crippen LogP contribution in [0.2, 0.25) is 0 Å². The molecule has 0 saturated carbocycles. The molecule has 0 amide bonds. The van der Waals surface area contributed by atoms with Crippen molar-refractivity contribution in [3.05, 3.63) is 82.2 Å². The number of aromatic nitrogens is 1. The highest BCUT2D eigenvalue weighted by Gasteiger charge is 2.23. The number of hydrogen-bond acceptors (Lipinski definition) is 4. The molecule has 3 aromatic rings. The topological polar surface area (TPSA) is 71.5 Å². The zero-order valence-corrected chi connectivity index (χ0v) is 17.6. The Hall–Kier alpha value is -3.18. The number of nitrogens with zero attached hydrogens (tertiary/aromatic N) is 1. The van der Waals surface area contributed by atoms with Gasteiger partial charge in [0.1, 0.15) is 5.75 Å². The molecule has 2 N–H and O–H groups in total. The van der Waals surface area contributed by atoms with Gasteiger partial charge in [-0.05, 0) is 78.2 Å². The number of nitrogens with one attached hydrogen (secondary N) is 1. The number of rotatable bonds is 5. The zero-order valence-electron chi connectivity index (χ0n) is 17.6. The summed E-state index contributed by atoms with van der Waals surface area (Å²) in [5.74, 6) is 0.123. The maximum atomic E-state index is 11.5. The molecule has 0 unspecified atom stereocenters. The lowest BCUT2D eigenvalue weighted by Gasteiger charge is -2.28. The molecule has 0 radical (unpaired) electrons. The van der Waals surface area contributed by atoms with E-state index in [1.807, 2.05) is 0 Å². The van der Waals surface area contributed by atoms with Crippen molar-refractivity contribution in [2.75, 3.05) is 13.2 Å². The Morgan fingerprint density at radius 2 is 2.13 bits per heavy atom. The van der Waals surface area contributed by atoms with Gasteiger partial charge < -0.3 is 15.2 Å². The third kappa shape index (κ3) is 3.70. The molecular weight excluding hydrogens is 388 g/mol. The number of pyridine rings is 1. The Balaban J connectivity index is 1.42. The first-order valence-electron chi connectivity index (χ1n) is 10.9. The summed E-state index contributed by atoms with van der Waals surface area (Å²) >= 11 is 0. The number of fused-ring (bicyclic) bond motifs is 2. The predicted octanol–water partition coefficient (Wildman–Crippen LogP) is 4.51. The van der Waals surface area contributed by atoms with Crippen LogP contribution in [0.25, 0.3) is 11.1 Å². The van der Waals surface area contributed by atoms with E-state index in [1.165, 1.54) is 39.6 Å². The number of ether oxygens (including phenoxy) is 1. The largest absolute Gasteiger partial charge is 0.493 e. The lowest BCUT2D eigenvalue weighted by Crippen LogP contribution is -2.30. The summed E-state index contributed by atoms with van der Waals surface area (Å²) in [6.07, 6.45) is 6.69. The number of carbonyl (C=O) groups is 1. The van der Waals surface area contributed by atoms with Crippen LogP contribution in [0.15, 0.2) is 48.8 Å². The Bertz CT molecular complexity index is 1160. The molecule has 3 heterocycles. The van der Waals surface area contributed by atoms with Gasteiger partial charge in [-0.15, -0.1) is 0 Å². The predicted molar refractivity (Wildman–Crippen MR) is 120 cm³/mol.